The van der Waals surface area contributed by atoms with E-state index in [-0.39, 0.29) is 5.56 Å². The largest absolute Gasteiger partial charge is 0.497 e. The lowest BCUT2D eigenvalue weighted by Gasteiger charge is -2.32. The van der Waals surface area contributed by atoms with Gasteiger partial charge in [-0.05, 0) is 55.1 Å². The van der Waals surface area contributed by atoms with Gasteiger partial charge in [0, 0.05) is 43.9 Å². The summed E-state index contributed by atoms with van der Waals surface area (Å²) in [7, 11) is 1.63. The number of rotatable bonds is 8. The third-order valence-electron chi connectivity index (χ3n) is 6.72. The average Bonchev–Trinajstić information content (AvgIpc) is 2.84. The highest BCUT2D eigenvalue weighted by Gasteiger charge is 2.19. The van der Waals surface area contributed by atoms with Gasteiger partial charge in [-0.2, -0.15) is 0 Å². The summed E-state index contributed by atoms with van der Waals surface area (Å²) < 4.78 is 10.8. The first-order valence-electron chi connectivity index (χ1n) is 12.2. The molecular formula is C25H36N4O3S. The molecule has 1 aliphatic heterocycles. The zero-order chi connectivity index (χ0) is 23.0. The highest BCUT2D eigenvalue weighted by Crippen LogP contribution is 2.20. The van der Waals surface area contributed by atoms with Gasteiger partial charge in [0.25, 0.3) is 5.56 Å². The Hall–Kier alpha value is -2.16. The fraction of sp³-hybridized carbons (Fsp3) is 0.600. The predicted octanol–water partition coefficient (Wildman–Crippen LogP) is 3.27. The SMILES string of the molecule is COc1ccc2cc(CN(CCCN3CCOCC3)C(=S)NC3CCCCC3)c(=O)[nH]c2c1. The quantitative estimate of drug-likeness (QED) is 0.572. The normalized spacial score (nSPS) is 17.7. The second kappa shape index (κ2) is 11.8. The van der Waals surface area contributed by atoms with Crippen LogP contribution in [-0.2, 0) is 11.3 Å². The number of aromatic amines is 1. The molecule has 1 saturated carbocycles. The van der Waals surface area contributed by atoms with Crippen molar-refractivity contribution in [3.05, 3.63) is 40.2 Å². The average molecular weight is 473 g/mol. The van der Waals surface area contributed by atoms with Crippen LogP contribution in [0, 0.1) is 0 Å². The van der Waals surface area contributed by atoms with Crippen LogP contribution in [0.25, 0.3) is 10.9 Å². The second-order valence-corrected chi connectivity index (χ2v) is 9.48. The maximum Gasteiger partial charge on any atom is 0.253 e. The van der Waals surface area contributed by atoms with Crippen LogP contribution in [0.2, 0.25) is 0 Å². The van der Waals surface area contributed by atoms with E-state index in [9.17, 15) is 4.79 Å². The maximum atomic E-state index is 12.9. The number of hydrogen-bond donors (Lipinski definition) is 2. The number of benzene rings is 1. The molecule has 0 spiro atoms. The van der Waals surface area contributed by atoms with Crippen molar-refractivity contribution in [2.75, 3.05) is 46.5 Å². The fourth-order valence-corrected chi connectivity index (χ4v) is 5.07. The zero-order valence-electron chi connectivity index (χ0n) is 19.6. The monoisotopic (exact) mass is 472 g/mol. The molecule has 1 aliphatic carbocycles. The third kappa shape index (κ3) is 6.68. The van der Waals surface area contributed by atoms with Crippen LogP contribution in [0.5, 0.6) is 5.75 Å². The first-order chi connectivity index (χ1) is 16.1. The number of H-pyrrole nitrogens is 1. The van der Waals surface area contributed by atoms with Gasteiger partial charge in [-0.25, -0.2) is 0 Å². The van der Waals surface area contributed by atoms with Crippen LogP contribution in [0.15, 0.2) is 29.1 Å². The summed E-state index contributed by atoms with van der Waals surface area (Å²) in [5.41, 5.74) is 1.44. The summed E-state index contributed by atoms with van der Waals surface area (Å²) in [6.45, 7) is 5.91. The molecule has 180 valence electrons. The van der Waals surface area contributed by atoms with Gasteiger partial charge in [-0.3, -0.25) is 9.69 Å². The van der Waals surface area contributed by atoms with E-state index in [1.54, 1.807) is 7.11 Å². The summed E-state index contributed by atoms with van der Waals surface area (Å²) in [6, 6.07) is 8.17. The number of thiocarbonyl (C=S) groups is 1. The molecule has 0 amide bonds. The minimum atomic E-state index is -0.0746. The van der Waals surface area contributed by atoms with Gasteiger partial charge in [0.15, 0.2) is 5.11 Å². The molecule has 2 N–H and O–H groups in total. The van der Waals surface area contributed by atoms with Crippen molar-refractivity contribution in [1.82, 2.24) is 20.1 Å². The van der Waals surface area contributed by atoms with E-state index in [0.717, 1.165) is 73.1 Å². The molecule has 0 unspecified atom stereocenters. The number of aromatic nitrogens is 1. The number of fused-ring (bicyclic) bond motifs is 1. The lowest BCUT2D eigenvalue weighted by atomic mass is 9.96. The number of ether oxygens (including phenoxy) is 2. The predicted molar refractivity (Wildman–Crippen MR) is 136 cm³/mol. The van der Waals surface area contributed by atoms with Crippen molar-refractivity contribution in [3.63, 3.8) is 0 Å². The molecule has 2 aliphatic rings. The van der Waals surface area contributed by atoms with Gasteiger partial charge in [0.05, 0.1) is 32.4 Å². The minimum Gasteiger partial charge on any atom is -0.497 e. The summed E-state index contributed by atoms with van der Waals surface area (Å²) in [6.07, 6.45) is 7.15. The Morgan fingerprint density at radius 1 is 1.24 bits per heavy atom. The van der Waals surface area contributed by atoms with E-state index in [1.165, 1.54) is 32.1 Å². The Labute approximate surface area is 201 Å². The van der Waals surface area contributed by atoms with E-state index >= 15 is 0 Å². The van der Waals surface area contributed by atoms with E-state index in [2.05, 4.69) is 20.1 Å². The van der Waals surface area contributed by atoms with Gasteiger partial charge < -0.3 is 24.7 Å². The van der Waals surface area contributed by atoms with E-state index in [4.69, 9.17) is 21.7 Å². The van der Waals surface area contributed by atoms with E-state index in [0.29, 0.717) is 12.6 Å². The van der Waals surface area contributed by atoms with Gasteiger partial charge in [-0.15, -0.1) is 0 Å². The number of nitrogens with one attached hydrogen (secondary N) is 2. The molecule has 1 saturated heterocycles. The molecule has 4 rings (SSSR count). The van der Waals surface area contributed by atoms with Crippen molar-refractivity contribution in [1.29, 1.82) is 0 Å². The number of pyridine rings is 1. The topological polar surface area (TPSA) is 69.8 Å². The van der Waals surface area contributed by atoms with Crippen molar-refractivity contribution in [2.24, 2.45) is 0 Å². The zero-order valence-corrected chi connectivity index (χ0v) is 20.4. The summed E-state index contributed by atoms with van der Waals surface area (Å²) in [5, 5.41) is 5.35. The maximum absolute atomic E-state index is 12.9. The van der Waals surface area contributed by atoms with Crippen LogP contribution in [0.1, 0.15) is 44.1 Å². The molecular weight excluding hydrogens is 436 g/mol. The Kier molecular flexibility index (Phi) is 8.58. The molecule has 7 nitrogen and oxygen atoms in total. The van der Waals surface area contributed by atoms with Crippen molar-refractivity contribution < 1.29 is 9.47 Å². The molecule has 0 radical (unpaired) electrons. The van der Waals surface area contributed by atoms with Gasteiger partial charge in [0.2, 0.25) is 0 Å². The molecule has 0 atom stereocenters. The molecule has 2 aromatic rings. The second-order valence-electron chi connectivity index (χ2n) is 9.09. The first-order valence-corrected chi connectivity index (χ1v) is 12.6. The minimum absolute atomic E-state index is 0.0746. The Balaban J connectivity index is 1.46. The molecule has 8 heteroatoms. The smallest absolute Gasteiger partial charge is 0.253 e. The standard InChI is InChI=1S/C25H36N4O3S/c1-31-22-9-8-19-16-20(24(30)27-23(19)17-22)18-29(11-5-10-28-12-14-32-15-13-28)25(33)26-21-6-3-2-4-7-21/h8-9,16-17,21H,2-7,10-15,18H2,1H3,(H,26,33)(H,27,30). The van der Waals surface area contributed by atoms with Crippen LogP contribution < -0.4 is 15.6 Å². The summed E-state index contributed by atoms with van der Waals surface area (Å²) in [4.78, 5) is 20.5. The third-order valence-corrected chi connectivity index (χ3v) is 7.09. The van der Waals surface area contributed by atoms with Crippen LogP contribution in [0.4, 0.5) is 0 Å². The van der Waals surface area contributed by atoms with Gasteiger partial charge in [0.1, 0.15) is 5.75 Å². The fourth-order valence-electron chi connectivity index (χ4n) is 4.75. The molecule has 1 aromatic carbocycles. The van der Waals surface area contributed by atoms with Gasteiger partial charge >= 0.3 is 0 Å². The first kappa shape index (κ1) is 24.0. The number of morpholine rings is 1. The Morgan fingerprint density at radius 2 is 2.03 bits per heavy atom. The molecule has 33 heavy (non-hydrogen) atoms. The highest BCUT2D eigenvalue weighted by molar-refractivity contribution is 7.80. The van der Waals surface area contributed by atoms with Gasteiger partial charge in [-0.1, -0.05) is 19.3 Å². The molecule has 0 bridgehead atoms. The summed E-state index contributed by atoms with van der Waals surface area (Å²) >= 11 is 5.85. The lowest BCUT2D eigenvalue weighted by molar-refractivity contribution is 0.0367. The number of methoxy groups -OCH3 is 1. The van der Waals surface area contributed by atoms with E-state index < -0.39 is 0 Å². The Bertz CT molecular complexity index is 983. The van der Waals surface area contributed by atoms with Crippen LogP contribution in [0.3, 0.4) is 0 Å². The van der Waals surface area contributed by atoms with Crippen LogP contribution in [-0.4, -0.2) is 72.4 Å². The highest BCUT2D eigenvalue weighted by atomic mass is 32.1. The molecule has 1 aromatic heterocycles. The van der Waals surface area contributed by atoms with Crippen molar-refractivity contribution >= 4 is 28.2 Å². The lowest BCUT2D eigenvalue weighted by Crippen LogP contribution is -2.46. The number of hydrogen-bond acceptors (Lipinski definition) is 5. The molecule has 2 heterocycles. The van der Waals surface area contributed by atoms with E-state index in [1.807, 2.05) is 24.3 Å². The number of nitrogens with zero attached hydrogens (tertiary/aromatic N) is 2. The summed E-state index contributed by atoms with van der Waals surface area (Å²) in [5.74, 6) is 0.730. The van der Waals surface area contributed by atoms with Crippen molar-refractivity contribution in [2.45, 2.75) is 51.1 Å². The van der Waals surface area contributed by atoms with Crippen molar-refractivity contribution in [3.8, 4) is 5.75 Å². The van der Waals surface area contributed by atoms with Crippen LogP contribution >= 0.6 is 12.2 Å². The Morgan fingerprint density at radius 3 is 2.79 bits per heavy atom. The molecule has 2 fully saturated rings.